The Labute approximate surface area is 210 Å². The Morgan fingerprint density at radius 1 is 1.09 bits per heavy atom. The molecule has 0 saturated heterocycles. The van der Waals surface area contributed by atoms with Crippen LogP contribution < -0.4 is 0 Å². The molecule has 5 nitrogen and oxygen atoms in total. The van der Waals surface area contributed by atoms with Crippen molar-refractivity contribution < 1.29 is 24.6 Å². The predicted octanol–water partition coefficient (Wildman–Crippen LogP) is 5.90. The Kier molecular flexibility index (Phi) is 6.52. The zero-order valence-corrected chi connectivity index (χ0v) is 22.4. The van der Waals surface area contributed by atoms with Crippen molar-refractivity contribution in [1.82, 2.24) is 0 Å². The highest BCUT2D eigenvalue weighted by molar-refractivity contribution is 5.86. The van der Waals surface area contributed by atoms with Gasteiger partial charge < -0.3 is 15.0 Å². The summed E-state index contributed by atoms with van der Waals surface area (Å²) in [6, 6.07) is 0. The van der Waals surface area contributed by atoms with Crippen molar-refractivity contribution in [3.05, 3.63) is 22.8 Å². The van der Waals surface area contributed by atoms with Crippen LogP contribution in [0.5, 0.6) is 0 Å². The molecule has 0 aromatic carbocycles. The lowest BCUT2D eigenvalue weighted by molar-refractivity contribution is -0.139. The molecule has 2 fully saturated rings. The summed E-state index contributed by atoms with van der Waals surface area (Å²) in [4.78, 5) is 36.3. The maximum absolute atomic E-state index is 12.8. The summed E-state index contributed by atoms with van der Waals surface area (Å²) in [7, 11) is 0. The zero-order valence-electron chi connectivity index (χ0n) is 22.4. The molecule has 7 atom stereocenters. The summed E-state index contributed by atoms with van der Waals surface area (Å²) in [5, 5.41) is 20.6. The van der Waals surface area contributed by atoms with Crippen LogP contribution in [0.4, 0.5) is 0 Å². The van der Waals surface area contributed by atoms with Crippen molar-refractivity contribution in [2.24, 2.45) is 39.4 Å². The van der Waals surface area contributed by atoms with Gasteiger partial charge in [0, 0.05) is 29.2 Å². The van der Waals surface area contributed by atoms with Gasteiger partial charge >= 0.3 is 5.97 Å². The number of aliphatic carboxylic acids is 1. The number of allylic oxidation sites excluding steroid dienone is 3. The second-order valence-electron chi connectivity index (χ2n) is 13.2. The second-order valence-corrected chi connectivity index (χ2v) is 13.2. The van der Waals surface area contributed by atoms with E-state index in [1.54, 1.807) is 18.6 Å². The second kappa shape index (κ2) is 8.68. The number of aldehydes is 1. The lowest BCUT2D eigenvalue weighted by Gasteiger charge is -2.60. The molecule has 0 aromatic heterocycles. The van der Waals surface area contributed by atoms with Gasteiger partial charge in [0.05, 0.1) is 6.10 Å². The number of fused-ring (bicyclic) bond motifs is 4. The molecule has 4 aliphatic rings. The molecular formula is C30H44O5. The van der Waals surface area contributed by atoms with Crippen LogP contribution in [-0.2, 0) is 14.4 Å². The molecule has 5 heteroatoms. The van der Waals surface area contributed by atoms with E-state index in [1.807, 2.05) is 0 Å². The normalized spacial score (nSPS) is 41.6. The Morgan fingerprint density at radius 2 is 1.77 bits per heavy atom. The van der Waals surface area contributed by atoms with E-state index in [-0.39, 0.29) is 33.5 Å². The van der Waals surface area contributed by atoms with E-state index in [1.165, 1.54) is 5.57 Å². The molecule has 0 heterocycles. The van der Waals surface area contributed by atoms with Crippen molar-refractivity contribution in [3.8, 4) is 0 Å². The number of carboxylic acids is 1. The summed E-state index contributed by atoms with van der Waals surface area (Å²) >= 11 is 0. The number of hydrogen-bond donors (Lipinski definition) is 2. The third-order valence-corrected chi connectivity index (χ3v) is 11.5. The Bertz CT molecular complexity index is 989. The molecule has 0 bridgehead atoms. The summed E-state index contributed by atoms with van der Waals surface area (Å²) in [6.07, 6.45) is 9.37. The average molecular weight is 485 g/mol. The highest BCUT2D eigenvalue weighted by Gasteiger charge is 2.66. The van der Waals surface area contributed by atoms with Crippen LogP contribution in [0.3, 0.4) is 0 Å². The third kappa shape index (κ3) is 3.70. The van der Waals surface area contributed by atoms with E-state index in [9.17, 15) is 19.5 Å². The topological polar surface area (TPSA) is 91.7 Å². The minimum atomic E-state index is -0.934. The first kappa shape index (κ1) is 26.3. The highest BCUT2D eigenvalue weighted by atomic mass is 16.4. The molecule has 0 radical (unpaired) electrons. The number of carbonyl (C=O) groups excluding carboxylic acids is 2. The minimum absolute atomic E-state index is 0.0294. The van der Waals surface area contributed by atoms with Crippen LogP contribution in [0, 0.1) is 39.4 Å². The smallest absolute Gasteiger partial charge is 0.330 e. The van der Waals surface area contributed by atoms with E-state index in [0.29, 0.717) is 43.0 Å². The first-order chi connectivity index (χ1) is 16.2. The molecular weight excluding hydrogens is 440 g/mol. The number of Topliss-reactive ketones (excluding diaryl/α,β-unsaturated/α-hetero) is 1. The van der Waals surface area contributed by atoms with E-state index >= 15 is 0 Å². The monoisotopic (exact) mass is 484 g/mol. The number of hydrogen-bond acceptors (Lipinski definition) is 4. The molecule has 4 rings (SSSR count). The van der Waals surface area contributed by atoms with Gasteiger partial charge in [-0.15, -0.1) is 0 Å². The molecule has 0 aromatic rings. The summed E-state index contributed by atoms with van der Waals surface area (Å²) in [6.45, 7) is 12.9. The van der Waals surface area contributed by atoms with Gasteiger partial charge in [-0.3, -0.25) is 4.79 Å². The van der Waals surface area contributed by atoms with Crippen molar-refractivity contribution in [1.29, 1.82) is 0 Å². The fraction of sp³-hybridized carbons (Fsp3) is 0.767. The Morgan fingerprint density at radius 3 is 2.40 bits per heavy atom. The van der Waals surface area contributed by atoms with E-state index in [4.69, 9.17) is 5.11 Å². The molecule has 35 heavy (non-hydrogen) atoms. The molecule has 194 valence electrons. The number of aliphatic hydroxyl groups is 1. The Hall–Kier alpha value is -1.75. The maximum atomic E-state index is 12.8. The van der Waals surface area contributed by atoms with Gasteiger partial charge in [0.15, 0.2) is 0 Å². The standard InChI is InChI=1S/C30H44O5/c1-18(26(34)35)8-7-9-19(17-31)25-22(32)16-30(6)21-10-11-23-27(2,3)24(33)13-14-28(23,4)20(21)12-15-29(25,30)5/h8,17,19,22-23,25,32H,7,9-16H2,1-6H3,(H,34,35)/b18-8+/t19-,22+,23?,25+,28+,29-,30+/m0/s1. The molecule has 1 unspecified atom stereocenters. The zero-order chi connectivity index (χ0) is 26.0. The van der Waals surface area contributed by atoms with Crippen molar-refractivity contribution in [2.75, 3.05) is 0 Å². The van der Waals surface area contributed by atoms with Crippen LogP contribution in [-0.4, -0.2) is 34.4 Å². The summed E-state index contributed by atoms with van der Waals surface area (Å²) < 4.78 is 0. The van der Waals surface area contributed by atoms with E-state index in [0.717, 1.165) is 38.4 Å². The minimum Gasteiger partial charge on any atom is -0.478 e. The number of rotatable bonds is 6. The maximum Gasteiger partial charge on any atom is 0.330 e. The van der Waals surface area contributed by atoms with Crippen LogP contribution >= 0.6 is 0 Å². The fourth-order valence-electron chi connectivity index (χ4n) is 9.27. The van der Waals surface area contributed by atoms with Crippen molar-refractivity contribution in [2.45, 2.75) is 105 Å². The van der Waals surface area contributed by atoms with E-state index in [2.05, 4.69) is 34.6 Å². The lowest BCUT2D eigenvalue weighted by atomic mass is 9.43. The number of ketones is 1. The van der Waals surface area contributed by atoms with Crippen LogP contribution in [0.15, 0.2) is 22.8 Å². The van der Waals surface area contributed by atoms with Crippen molar-refractivity contribution in [3.63, 3.8) is 0 Å². The van der Waals surface area contributed by atoms with Crippen LogP contribution in [0.2, 0.25) is 0 Å². The largest absolute Gasteiger partial charge is 0.478 e. The van der Waals surface area contributed by atoms with Gasteiger partial charge in [0.25, 0.3) is 0 Å². The molecule has 0 aliphatic heterocycles. The Balaban J connectivity index is 1.68. The van der Waals surface area contributed by atoms with Gasteiger partial charge in [0.2, 0.25) is 0 Å². The highest BCUT2D eigenvalue weighted by Crippen LogP contribution is 2.72. The quantitative estimate of drug-likeness (QED) is 0.278. The number of carbonyl (C=O) groups is 3. The number of aliphatic hydroxyl groups excluding tert-OH is 1. The van der Waals surface area contributed by atoms with Crippen LogP contribution in [0.1, 0.15) is 99.3 Å². The first-order valence-electron chi connectivity index (χ1n) is 13.5. The molecule has 2 N–H and O–H groups in total. The van der Waals surface area contributed by atoms with Crippen LogP contribution in [0.25, 0.3) is 0 Å². The van der Waals surface area contributed by atoms with Gasteiger partial charge in [0.1, 0.15) is 12.1 Å². The first-order valence-corrected chi connectivity index (χ1v) is 13.5. The van der Waals surface area contributed by atoms with Gasteiger partial charge in [-0.05, 0) is 80.5 Å². The third-order valence-electron chi connectivity index (χ3n) is 11.5. The SMILES string of the molecule is C/C(=C\CC[C@@H](C=O)[C@@H]1[C@H](O)C[C@]2(C)C3=C(CC[C@@]12C)[C@@]1(C)CCC(=O)C(C)(C)C1CC3)C(=O)O. The molecule has 0 spiro atoms. The van der Waals surface area contributed by atoms with Gasteiger partial charge in [-0.1, -0.05) is 51.8 Å². The number of carboxylic acid groups (broad SMARTS) is 1. The fourth-order valence-corrected chi connectivity index (χ4v) is 9.27. The van der Waals surface area contributed by atoms with Gasteiger partial charge in [-0.2, -0.15) is 0 Å². The summed E-state index contributed by atoms with van der Waals surface area (Å²) in [5.41, 5.74) is 2.72. The van der Waals surface area contributed by atoms with E-state index < -0.39 is 12.1 Å². The molecule has 0 amide bonds. The predicted molar refractivity (Wildman–Crippen MR) is 136 cm³/mol. The van der Waals surface area contributed by atoms with Gasteiger partial charge in [-0.25, -0.2) is 4.79 Å². The lowest BCUT2D eigenvalue weighted by Crippen LogP contribution is -2.54. The average Bonchev–Trinajstić information content (AvgIpc) is 2.99. The van der Waals surface area contributed by atoms with Crippen molar-refractivity contribution >= 4 is 18.0 Å². The molecule has 2 saturated carbocycles. The summed E-state index contributed by atoms with van der Waals surface area (Å²) in [5.74, 6) is -0.607. The molecule has 4 aliphatic carbocycles.